The van der Waals surface area contributed by atoms with Crippen LogP contribution in [0.25, 0.3) is 11.0 Å². The van der Waals surface area contributed by atoms with Crippen molar-refractivity contribution in [1.82, 2.24) is 19.6 Å². The number of carbonyl (C=O) groups excluding carboxylic acids is 1. The van der Waals surface area contributed by atoms with Gasteiger partial charge in [0.1, 0.15) is 17.4 Å². The van der Waals surface area contributed by atoms with Crippen molar-refractivity contribution in [2.75, 3.05) is 0 Å². The normalized spacial score (nSPS) is 16.4. The molecule has 2 aliphatic heterocycles. The SMILES string of the molecule is CCc1nn2c(=O)cc(COc3ccc(/C=C4\C(=N)N5N=C(c6ccco6)SC5=NC4=O)cc3)nc2s1. The first-order valence-electron chi connectivity index (χ1n) is 11.1. The Morgan fingerprint density at radius 2 is 2.03 bits per heavy atom. The van der Waals surface area contributed by atoms with Gasteiger partial charge in [0.2, 0.25) is 10.1 Å². The molecule has 1 aromatic carbocycles. The van der Waals surface area contributed by atoms with E-state index in [2.05, 4.69) is 20.2 Å². The average molecular weight is 532 g/mol. The Labute approximate surface area is 217 Å². The molecule has 0 atom stereocenters. The van der Waals surface area contributed by atoms with E-state index in [-0.39, 0.29) is 23.6 Å². The van der Waals surface area contributed by atoms with Crippen LogP contribution < -0.4 is 10.3 Å². The number of furan rings is 1. The largest absolute Gasteiger partial charge is 0.487 e. The zero-order valence-corrected chi connectivity index (χ0v) is 20.9. The second kappa shape index (κ2) is 9.26. The van der Waals surface area contributed by atoms with Gasteiger partial charge in [0.25, 0.3) is 11.5 Å². The van der Waals surface area contributed by atoms with Crippen LogP contribution >= 0.6 is 23.1 Å². The van der Waals surface area contributed by atoms with Crippen LogP contribution in [0.4, 0.5) is 0 Å². The topological polar surface area (TPSA) is 139 Å². The molecule has 0 aliphatic carbocycles. The molecule has 5 heterocycles. The first-order chi connectivity index (χ1) is 18.0. The smallest absolute Gasteiger partial charge is 0.283 e. The van der Waals surface area contributed by atoms with Gasteiger partial charge < -0.3 is 9.15 Å². The molecule has 0 bridgehead atoms. The number of ether oxygens (including phenoxy) is 1. The Morgan fingerprint density at radius 1 is 1.19 bits per heavy atom. The maximum absolute atomic E-state index is 12.6. The lowest BCUT2D eigenvalue weighted by Crippen LogP contribution is -2.35. The van der Waals surface area contributed by atoms with Crippen molar-refractivity contribution in [3.63, 3.8) is 0 Å². The van der Waals surface area contributed by atoms with Gasteiger partial charge in [-0.05, 0) is 54.1 Å². The molecule has 0 saturated heterocycles. The summed E-state index contributed by atoms with van der Waals surface area (Å²) in [4.78, 5) is 34.0. The summed E-state index contributed by atoms with van der Waals surface area (Å²) in [5, 5.41) is 20.1. The van der Waals surface area contributed by atoms with E-state index in [0.717, 1.165) is 11.4 Å². The Kier molecular flexibility index (Phi) is 5.77. The van der Waals surface area contributed by atoms with Crippen LogP contribution in [-0.2, 0) is 17.8 Å². The van der Waals surface area contributed by atoms with Crippen LogP contribution in [0.15, 0.2) is 73.6 Å². The lowest BCUT2D eigenvalue weighted by Gasteiger charge is -2.20. The Balaban J connectivity index is 1.17. The van der Waals surface area contributed by atoms with Crippen molar-refractivity contribution in [2.45, 2.75) is 20.0 Å². The van der Waals surface area contributed by atoms with Gasteiger partial charge in [0.15, 0.2) is 16.6 Å². The van der Waals surface area contributed by atoms with Crippen LogP contribution in [0.5, 0.6) is 5.75 Å². The quantitative estimate of drug-likeness (QED) is 0.373. The fraction of sp³-hybridized carbons (Fsp3) is 0.125. The maximum Gasteiger partial charge on any atom is 0.283 e. The van der Waals surface area contributed by atoms with E-state index in [4.69, 9.17) is 14.6 Å². The van der Waals surface area contributed by atoms with E-state index >= 15 is 0 Å². The predicted molar refractivity (Wildman–Crippen MR) is 140 cm³/mol. The zero-order valence-electron chi connectivity index (χ0n) is 19.2. The molecule has 0 fully saturated rings. The highest BCUT2D eigenvalue weighted by Gasteiger charge is 2.36. The van der Waals surface area contributed by atoms with Gasteiger partial charge in [-0.25, -0.2) is 4.98 Å². The van der Waals surface area contributed by atoms with Gasteiger partial charge in [0.05, 0.1) is 17.5 Å². The Bertz CT molecular complexity index is 1700. The summed E-state index contributed by atoms with van der Waals surface area (Å²) in [6, 6.07) is 11.9. The van der Waals surface area contributed by atoms with Crippen molar-refractivity contribution in [2.24, 2.45) is 10.1 Å². The fourth-order valence-electron chi connectivity index (χ4n) is 3.59. The minimum atomic E-state index is -0.512. The third-order valence-corrected chi connectivity index (χ3v) is 7.38. The summed E-state index contributed by atoms with van der Waals surface area (Å²) < 4.78 is 12.5. The molecule has 1 N–H and O–H groups in total. The highest BCUT2D eigenvalue weighted by Crippen LogP contribution is 2.31. The second-order valence-corrected chi connectivity index (χ2v) is 9.89. The molecule has 0 radical (unpaired) electrons. The van der Waals surface area contributed by atoms with Crippen molar-refractivity contribution in [3.05, 3.63) is 86.7 Å². The fourth-order valence-corrected chi connectivity index (χ4v) is 5.31. The van der Waals surface area contributed by atoms with E-state index in [1.807, 2.05) is 6.92 Å². The molecular formula is C24H17N7O4S2. The highest BCUT2D eigenvalue weighted by molar-refractivity contribution is 8.27. The molecule has 184 valence electrons. The number of thioether (sulfide) groups is 1. The number of aryl methyl sites for hydroxylation is 1. The van der Waals surface area contributed by atoms with E-state index in [1.54, 1.807) is 42.5 Å². The van der Waals surface area contributed by atoms with Crippen molar-refractivity contribution in [3.8, 4) is 5.75 Å². The number of benzene rings is 1. The molecular weight excluding hydrogens is 514 g/mol. The van der Waals surface area contributed by atoms with Gasteiger partial charge in [-0.3, -0.25) is 15.0 Å². The van der Waals surface area contributed by atoms with E-state index in [1.165, 1.54) is 45.0 Å². The Hall–Kier alpha value is -4.36. The number of hydrogen-bond donors (Lipinski definition) is 1. The van der Waals surface area contributed by atoms with Gasteiger partial charge in [0, 0.05) is 6.07 Å². The van der Waals surface area contributed by atoms with E-state index in [9.17, 15) is 9.59 Å². The molecule has 4 aromatic rings. The molecule has 11 nitrogen and oxygen atoms in total. The van der Waals surface area contributed by atoms with Crippen LogP contribution in [0.2, 0.25) is 0 Å². The second-order valence-electron chi connectivity index (χ2n) is 7.89. The number of carbonyl (C=O) groups is 1. The number of aromatic nitrogens is 3. The summed E-state index contributed by atoms with van der Waals surface area (Å²) in [7, 11) is 0. The van der Waals surface area contributed by atoms with Gasteiger partial charge >= 0.3 is 0 Å². The van der Waals surface area contributed by atoms with Crippen LogP contribution in [0.1, 0.15) is 28.9 Å². The number of amides is 1. The number of rotatable bonds is 6. The third-order valence-electron chi connectivity index (χ3n) is 5.41. The van der Waals surface area contributed by atoms with E-state index in [0.29, 0.717) is 37.9 Å². The number of nitrogens with one attached hydrogen (secondary N) is 1. The minimum Gasteiger partial charge on any atom is -0.487 e. The summed E-state index contributed by atoms with van der Waals surface area (Å²) in [6.45, 7) is 2.09. The first-order valence-corrected chi connectivity index (χ1v) is 12.8. The van der Waals surface area contributed by atoms with Crippen molar-refractivity contribution in [1.29, 1.82) is 5.41 Å². The molecule has 2 aliphatic rings. The van der Waals surface area contributed by atoms with Gasteiger partial charge in [-0.15, -0.1) is 0 Å². The lowest BCUT2D eigenvalue weighted by atomic mass is 10.1. The van der Waals surface area contributed by atoms with Crippen LogP contribution in [0.3, 0.4) is 0 Å². The standard InChI is InChI=1S/C24H17N7O4S2/c1-2-18-28-30-19(32)11-14(26-23(30)36-18)12-35-15-7-5-13(6-8-15)10-16-20(25)31-24(27-21(16)33)37-22(29-31)17-4-3-9-34-17/h3-11,25H,2,12H2,1H3/b16-10+,25-20?. The van der Waals surface area contributed by atoms with Gasteiger partial charge in [-0.2, -0.15) is 24.7 Å². The molecule has 0 saturated carbocycles. The zero-order chi connectivity index (χ0) is 25.5. The maximum atomic E-state index is 12.6. The predicted octanol–water partition coefficient (Wildman–Crippen LogP) is 3.55. The first kappa shape index (κ1) is 23.1. The highest BCUT2D eigenvalue weighted by atomic mass is 32.2. The number of hydrazone groups is 1. The lowest BCUT2D eigenvalue weighted by molar-refractivity contribution is -0.114. The van der Waals surface area contributed by atoms with Crippen molar-refractivity contribution >= 4 is 56.1 Å². The minimum absolute atomic E-state index is 0.0635. The monoisotopic (exact) mass is 531 g/mol. The third kappa shape index (κ3) is 4.38. The molecule has 3 aromatic heterocycles. The summed E-state index contributed by atoms with van der Waals surface area (Å²) in [5.41, 5.74) is 1.08. The number of amidine groups is 2. The van der Waals surface area contributed by atoms with E-state index < -0.39 is 5.91 Å². The van der Waals surface area contributed by atoms with Gasteiger partial charge in [-0.1, -0.05) is 30.4 Å². The molecule has 0 spiro atoms. The number of nitrogens with zero attached hydrogens (tertiary/aromatic N) is 6. The average Bonchev–Trinajstić information content (AvgIpc) is 3.65. The Morgan fingerprint density at radius 3 is 2.78 bits per heavy atom. The summed E-state index contributed by atoms with van der Waals surface area (Å²) >= 11 is 2.55. The molecule has 13 heteroatoms. The number of aliphatic imine (C=N–C) groups is 1. The summed E-state index contributed by atoms with van der Waals surface area (Å²) in [6.07, 6.45) is 3.85. The molecule has 1 amide bonds. The van der Waals surface area contributed by atoms with Crippen LogP contribution in [0, 0.1) is 5.41 Å². The number of fused-ring (bicyclic) bond motifs is 2. The van der Waals surface area contributed by atoms with Crippen molar-refractivity contribution < 1.29 is 13.9 Å². The molecule has 6 rings (SSSR count). The molecule has 37 heavy (non-hydrogen) atoms. The van der Waals surface area contributed by atoms with Crippen LogP contribution in [-0.4, -0.2) is 41.6 Å². The number of hydrogen-bond acceptors (Lipinski definition) is 10. The summed E-state index contributed by atoms with van der Waals surface area (Å²) in [5.74, 6) is 0.534. The molecule has 0 unspecified atom stereocenters.